The normalized spacial score (nSPS) is 16.4. The number of sulfonamides is 1. The Morgan fingerprint density at radius 1 is 1.12 bits per heavy atom. The third kappa shape index (κ3) is 5.69. The van der Waals surface area contributed by atoms with E-state index < -0.39 is 22.0 Å². The Labute approximate surface area is 197 Å². The summed E-state index contributed by atoms with van der Waals surface area (Å²) in [7, 11) is -1.28. The van der Waals surface area contributed by atoms with E-state index in [-0.39, 0.29) is 32.8 Å². The van der Waals surface area contributed by atoms with Crippen LogP contribution in [0.25, 0.3) is 0 Å². The summed E-state index contributed by atoms with van der Waals surface area (Å²) < 4.78 is 39.2. The molecule has 0 saturated carbocycles. The fourth-order valence-corrected chi connectivity index (χ4v) is 5.06. The summed E-state index contributed by atoms with van der Waals surface area (Å²) in [6.45, 7) is 2.19. The monoisotopic (exact) mass is 495 g/mol. The maximum atomic E-state index is 13.2. The molecule has 1 aliphatic rings. The van der Waals surface area contributed by atoms with Crippen molar-refractivity contribution in [2.24, 2.45) is 0 Å². The van der Waals surface area contributed by atoms with Crippen LogP contribution in [0.3, 0.4) is 0 Å². The second kappa shape index (κ2) is 10.3. The Bertz CT molecular complexity index is 1170. The van der Waals surface area contributed by atoms with Gasteiger partial charge in [0.1, 0.15) is 17.5 Å². The van der Waals surface area contributed by atoms with Gasteiger partial charge in [-0.3, -0.25) is 14.3 Å². The van der Waals surface area contributed by atoms with Crippen LogP contribution in [0.5, 0.6) is 11.5 Å². The molecule has 9 nitrogen and oxygen atoms in total. The van der Waals surface area contributed by atoms with Gasteiger partial charge in [0.15, 0.2) is 0 Å². The maximum Gasteiger partial charge on any atom is 0.262 e. The molecule has 1 atom stereocenters. The van der Waals surface area contributed by atoms with Crippen molar-refractivity contribution in [1.82, 2.24) is 10.6 Å². The van der Waals surface area contributed by atoms with Crippen LogP contribution in [0.15, 0.2) is 35.2 Å². The highest BCUT2D eigenvalue weighted by atomic mass is 35.5. The van der Waals surface area contributed by atoms with Gasteiger partial charge in [-0.1, -0.05) is 17.7 Å². The molecule has 0 aromatic heterocycles. The number of halogens is 1. The average Bonchev–Trinajstić information content (AvgIpc) is 2.97. The molecule has 33 heavy (non-hydrogen) atoms. The zero-order valence-electron chi connectivity index (χ0n) is 18.5. The largest absolute Gasteiger partial charge is 0.495 e. The summed E-state index contributed by atoms with van der Waals surface area (Å²) >= 11 is 6.15. The molecule has 1 aliphatic heterocycles. The van der Waals surface area contributed by atoms with Gasteiger partial charge in [0.2, 0.25) is 5.91 Å². The summed E-state index contributed by atoms with van der Waals surface area (Å²) in [6.07, 6.45) is 2.16. The van der Waals surface area contributed by atoms with Crippen molar-refractivity contribution in [2.45, 2.75) is 37.1 Å². The lowest BCUT2D eigenvalue weighted by Gasteiger charge is -2.17. The predicted octanol–water partition coefficient (Wildman–Crippen LogP) is 2.86. The second-order valence-corrected chi connectivity index (χ2v) is 9.64. The first-order valence-corrected chi connectivity index (χ1v) is 12.2. The standard InChI is InChI=1S/C22H26ClN3O6S/c1-13-7-8-14(21(27)25-16-6-4-5-9-24-22(16)28)10-20(13)33(29,30)26-17-11-15(23)18(31-2)12-19(17)32-3/h7-8,10-12,16,26H,4-6,9H2,1-3H3,(H,24,28)(H,25,27). The SMILES string of the molecule is COc1cc(OC)c(NS(=O)(=O)c2cc(C(=O)NC3CCCCNC3=O)ccc2C)cc1Cl. The van der Waals surface area contributed by atoms with Gasteiger partial charge in [-0.05, 0) is 49.9 Å². The van der Waals surface area contributed by atoms with Gasteiger partial charge in [-0.15, -0.1) is 0 Å². The first kappa shape index (κ1) is 24.7. The molecule has 0 radical (unpaired) electrons. The van der Waals surface area contributed by atoms with Crippen LogP contribution in [0, 0.1) is 6.92 Å². The summed E-state index contributed by atoms with van der Waals surface area (Å²) in [5.74, 6) is -0.232. The number of nitrogens with one attached hydrogen (secondary N) is 3. The Balaban J connectivity index is 1.88. The van der Waals surface area contributed by atoms with E-state index in [1.165, 1.54) is 44.6 Å². The minimum atomic E-state index is -4.11. The van der Waals surface area contributed by atoms with Crippen molar-refractivity contribution in [3.05, 3.63) is 46.5 Å². The van der Waals surface area contributed by atoms with E-state index in [0.29, 0.717) is 24.3 Å². The summed E-state index contributed by atoms with van der Waals surface area (Å²) in [5.41, 5.74) is 0.676. The van der Waals surface area contributed by atoms with E-state index in [1.54, 1.807) is 6.92 Å². The number of carbonyl (C=O) groups excluding carboxylic acids is 2. The van der Waals surface area contributed by atoms with Gasteiger partial charge in [-0.2, -0.15) is 0 Å². The van der Waals surface area contributed by atoms with Gasteiger partial charge in [-0.25, -0.2) is 8.42 Å². The number of aryl methyl sites for hydroxylation is 1. The van der Waals surface area contributed by atoms with Gasteiger partial charge in [0, 0.05) is 18.2 Å². The Hall–Kier alpha value is -2.98. The van der Waals surface area contributed by atoms with Crippen LogP contribution in [0.1, 0.15) is 35.2 Å². The van der Waals surface area contributed by atoms with Crippen molar-refractivity contribution in [3.63, 3.8) is 0 Å². The van der Waals surface area contributed by atoms with Crippen molar-refractivity contribution < 1.29 is 27.5 Å². The van der Waals surface area contributed by atoms with Crippen LogP contribution in [0.2, 0.25) is 5.02 Å². The number of hydrogen-bond acceptors (Lipinski definition) is 6. The topological polar surface area (TPSA) is 123 Å². The van der Waals surface area contributed by atoms with Crippen LogP contribution in [-0.4, -0.2) is 47.0 Å². The highest BCUT2D eigenvalue weighted by molar-refractivity contribution is 7.92. The van der Waals surface area contributed by atoms with E-state index in [9.17, 15) is 18.0 Å². The number of amides is 2. The molecule has 2 aromatic carbocycles. The molecule has 1 saturated heterocycles. The van der Waals surface area contributed by atoms with Crippen LogP contribution >= 0.6 is 11.6 Å². The highest BCUT2D eigenvalue weighted by Crippen LogP contribution is 2.37. The van der Waals surface area contributed by atoms with E-state index in [0.717, 1.165) is 12.8 Å². The van der Waals surface area contributed by atoms with Gasteiger partial charge < -0.3 is 20.1 Å². The Morgan fingerprint density at radius 3 is 2.55 bits per heavy atom. The van der Waals surface area contributed by atoms with E-state index in [2.05, 4.69) is 15.4 Å². The van der Waals surface area contributed by atoms with Gasteiger partial charge >= 0.3 is 0 Å². The van der Waals surface area contributed by atoms with Crippen molar-refractivity contribution in [1.29, 1.82) is 0 Å². The fourth-order valence-electron chi connectivity index (χ4n) is 3.49. The molecular formula is C22H26ClN3O6S. The van der Waals surface area contributed by atoms with E-state index >= 15 is 0 Å². The maximum absolute atomic E-state index is 13.2. The first-order chi connectivity index (χ1) is 15.7. The lowest BCUT2D eigenvalue weighted by Crippen LogP contribution is -2.45. The minimum Gasteiger partial charge on any atom is -0.495 e. The molecule has 0 aliphatic carbocycles. The van der Waals surface area contributed by atoms with Gasteiger partial charge in [0.05, 0.1) is 29.8 Å². The zero-order valence-corrected chi connectivity index (χ0v) is 20.1. The summed E-state index contributed by atoms with van der Waals surface area (Å²) in [4.78, 5) is 24.8. The summed E-state index contributed by atoms with van der Waals surface area (Å²) in [5, 5.41) is 5.65. The molecule has 11 heteroatoms. The molecule has 2 aromatic rings. The van der Waals surface area contributed by atoms with E-state index in [4.69, 9.17) is 21.1 Å². The molecule has 3 rings (SSSR count). The number of carbonyl (C=O) groups is 2. The highest BCUT2D eigenvalue weighted by Gasteiger charge is 2.25. The van der Waals surface area contributed by atoms with Crippen LogP contribution in [-0.2, 0) is 14.8 Å². The first-order valence-electron chi connectivity index (χ1n) is 10.3. The van der Waals surface area contributed by atoms with Crippen LogP contribution < -0.4 is 24.8 Å². The quantitative estimate of drug-likeness (QED) is 0.542. The van der Waals surface area contributed by atoms with Crippen molar-refractivity contribution in [2.75, 3.05) is 25.5 Å². The number of methoxy groups -OCH3 is 2. The minimum absolute atomic E-state index is 0.0885. The Morgan fingerprint density at radius 2 is 1.85 bits per heavy atom. The van der Waals surface area contributed by atoms with Crippen molar-refractivity contribution in [3.8, 4) is 11.5 Å². The molecule has 3 N–H and O–H groups in total. The molecule has 2 amide bonds. The molecule has 1 heterocycles. The zero-order chi connectivity index (χ0) is 24.2. The number of ether oxygens (including phenoxy) is 2. The molecule has 0 bridgehead atoms. The average molecular weight is 496 g/mol. The van der Waals surface area contributed by atoms with E-state index in [1.807, 2.05) is 0 Å². The van der Waals surface area contributed by atoms with Crippen LogP contribution in [0.4, 0.5) is 5.69 Å². The lowest BCUT2D eigenvalue weighted by molar-refractivity contribution is -0.122. The predicted molar refractivity (Wildman–Crippen MR) is 125 cm³/mol. The molecule has 1 fully saturated rings. The number of rotatable bonds is 7. The molecular weight excluding hydrogens is 470 g/mol. The second-order valence-electron chi connectivity index (χ2n) is 7.59. The third-order valence-corrected chi connectivity index (χ3v) is 7.10. The fraction of sp³-hybridized carbons (Fsp3) is 0.364. The van der Waals surface area contributed by atoms with Crippen molar-refractivity contribution >= 4 is 39.1 Å². The molecule has 178 valence electrons. The lowest BCUT2D eigenvalue weighted by atomic mass is 10.1. The number of benzene rings is 2. The third-order valence-electron chi connectivity index (χ3n) is 5.30. The molecule has 0 spiro atoms. The molecule has 1 unspecified atom stereocenters. The smallest absolute Gasteiger partial charge is 0.262 e. The summed E-state index contributed by atoms with van der Waals surface area (Å²) in [6, 6.07) is 6.52. The van der Waals surface area contributed by atoms with Gasteiger partial charge in [0.25, 0.3) is 15.9 Å². The number of hydrogen-bond donors (Lipinski definition) is 3. The Kier molecular flexibility index (Phi) is 7.70. The number of anilines is 1.